The van der Waals surface area contributed by atoms with E-state index in [0.717, 1.165) is 28.6 Å². The Bertz CT molecular complexity index is 945. The van der Waals surface area contributed by atoms with Crippen molar-refractivity contribution in [3.63, 3.8) is 0 Å². The van der Waals surface area contributed by atoms with Crippen molar-refractivity contribution < 1.29 is 9.53 Å². The van der Waals surface area contributed by atoms with Crippen LogP contribution in [0, 0.1) is 0 Å². The summed E-state index contributed by atoms with van der Waals surface area (Å²) in [5.74, 6) is 0.768. The number of carbonyl (C=O) groups excluding carboxylic acids is 1. The number of carbonyl (C=O) groups is 1. The van der Waals surface area contributed by atoms with Crippen LogP contribution >= 0.6 is 0 Å². The first-order valence-electron chi connectivity index (χ1n) is 8.66. The number of benzene rings is 2. The van der Waals surface area contributed by atoms with E-state index in [-0.39, 0.29) is 11.5 Å². The van der Waals surface area contributed by atoms with E-state index in [0.29, 0.717) is 24.9 Å². The van der Waals surface area contributed by atoms with Crippen LogP contribution in [0.5, 0.6) is 5.75 Å². The lowest BCUT2D eigenvalue weighted by Gasteiger charge is -2.07. The molecule has 3 aromatic rings. The number of nitrogens with one attached hydrogen (secondary N) is 2. The number of H-pyrrole nitrogens is 1. The lowest BCUT2D eigenvalue weighted by Crippen LogP contribution is -2.26. The van der Waals surface area contributed by atoms with Crippen molar-refractivity contribution in [1.82, 2.24) is 10.3 Å². The average molecular weight is 350 g/mol. The minimum Gasteiger partial charge on any atom is -0.497 e. The average Bonchev–Trinajstić information content (AvgIpc) is 2.67. The molecule has 0 atom stereocenters. The molecule has 0 spiro atoms. The number of amides is 1. The molecule has 1 amide bonds. The van der Waals surface area contributed by atoms with Gasteiger partial charge in [-0.3, -0.25) is 9.59 Å². The Morgan fingerprint density at radius 2 is 1.85 bits per heavy atom. The minimum atomic E-state index is -0.130. The number of hydrogen-bond donors (Lipinski definition) is 2. The molecule has 5 heteroatoms. The van der Waals surface area contributed by atoms with Gasteiger partial charge in [-0.25, -0.2) is 0 Å². The fraction of sp³-hybridized carbons (Fsp3) is 0.238. The van der Waals surface area contributed by atoms with Crippen molar-refractivity contribution in [2.75, 3.05) is 13.7 Å². The molecule has 0 aliphatic rings. The predicted molar refractivity (Wildman–Crippen MR) is 103 cm³/mol. The number of aryl methyl sites for hydroxylation is 1. The lowest BCUT2D eigenvalue weighted by atomic mass is 10.1. The van der Waals surface area contributed by atoms with Crippen LogP contribution in [0.4, 0.5) is 0 Å². The van der Waals surface area contributed by atoms with Crippen molar-refractivity contribution in [1.29, 1.82) is 0 Å². The standard InChI is InChI=1S/C21H22N2O3/c1-26-18-9-6-15(7-10-18)12-13-22-20(24)11-8-17-14-16-4-2-3-5-19(16)23-21(17)25/h2-7,9-10,14H,8,11-13H2,1H3,(H,22,24)(H,23,25). The molecule has 0 fully saturated rings. The van der Waals surface area contributed by atoms with Crippen molar-refractivity contribution in [3.8, 4) is 5.75 Å². The Balaban J connectivity index is 1.49. The highest BCUT2D eigenvalue weighted by Crippen LogP contribution is 2.12. The van der Waals surface area contributed by atoms with Gasteiger partial charge < -0.3 is 15.0 Å². The smallest absolute Gasteiger partial charge is 0.251 e. The number of aromatic amines is 1. The Hall–Kier alpha value is -3.08. The van der Waals surface area contributed by atoms with Crippen molar-refractivity contribution in [2.45, 2.75) is 19.3 Å². The second-order valence-corrected chi connectivity index (χ2v) is 6.16. The van der Waals surface area contributed by atoms with Gasteiger partial charge in [0.1, 0.15) is 5.75 Å². The van der Waals surface area contributed by atoms with E-state index in [2.05, 4.69) is 10.3 Å². The Morgan fingerprint density at radius 1 is 1.08 bits per heavy atom. The molecule has 0 radical (unpaired) electrons. The van der Waals surface area contributed by atoms with Gasteiger partial charge in [0.2, 0.25) is 5.91 Å². The number of hydrogen-bond acceptors (Lipinski definition) is 3. The number of pyridine rings is 1. The SMILES string of the molecule is COc1ccc(CCNC(=O)CCc2cc3ccccc3[nH]c2=O)cc1. The van der Waals surface area contributed by atoms with Gasteiger partial charge in [-0.2, -0.15) is 0 Å². The monoisotopic (exact) mass is 350 g/mol. The van der Waals surface area contributed by atoms with E-state index < -0.39 is 0 Å². The number of methoxy groups -OCH3 is 1. The van der Waals surface area contributed by atoms with Crippen LogP contribution in [0.1, 0.15) is 17.5 Å². The lowest BCUT2D eigenvalue weighted by molar-refractivity contribution is -0.121. The highest BCUT2D eigenvalue weighted by atomic mass is 16.5. The van der Waals surface area contributed by atoms with Crippen molar-refractivity contribution in [2.24, 2.45) is 0 Å². The van der Waals surface area contributed by atoms with Gasteiger partial charge in [-0.05, 0) is 48.1 Å². The summed E-state index contributed by atoms with van der Waals surface area (Å²) in [5, 5.41) is 3.88. The third-order valence-electron chi connectivity index (χ3n) is 4.35. The van der Waals surface area contributed by atoms with Crippen LogP contribution in [0.25, 0.3) is 10.9 Å². The van der Waals surface area contributed by atoms with Crippen LogP contribution in [0.3, 0.4) is 0 Å². The van der Waals surface area contributed by atoms with Crippen LogP contribution in [0.15, 0.2) is 59.4 Å². The third kappa shape index (κ3) is 4.51. The molecule has 1 heterocycles. The zero-order chi connectivity index (χ0) is 18.4. The van der Waals surface area contributed by atoms with E-state index in [1.807, 2.05) is 54.6 Å². The number of fused-ring (bicyclic) bond motifs is 1. The topological polar surface area (TPSA) is 71.2 Å². The van der Waals surface area contributed by atoms with Gasteiger partial charge in [0.05, 0.1) is 7.11 Å². The van der Waals surface area contributed by atoms with Crippen LogP contribution in [0.2, 0.25) is 0 Å². The normalized spacial score (nSPS) is 10.7. The first-order chi connectivity index (χ1) is 12.7. The number of aromatic nitrogens is 1. The second-order valence-electron chi connectivity index (χ2n) is 6.16. The maximum absolute atomic E-state index is 12.1. The fourth-order valence-electron chi connectivity index (χ4n) is 2.85. The quantitative estimate of drug-likeness (QED) is 0.688. The molecule has 0 aliphatic heterocycles. The first kappa shape index (κ1) is 17.7. The summed E-state index contributed by atoms with van der Waals surface area (Å²) in [6.07, 6.45) is 1.48. The molecule has 2 N–H and O–H groups in total. The highest BCUT2D eigenvalue weighted by Gasteiger charge is 2.07. The molecule has 26 heavy (non-hydrogen) atoms. The summed E-state index contributed by atoms with van der Waals surface area (Å²) in [7, 11) is 1.63. The van der Waals surface area contributed by atoms with Crippen LogP contribution in [-0.4, -0.2) is 24.5 Å². The molecule has 0 aliphatic carbocycles. The molecule has 2 aromatic carbocycles. The zero-order valence-corrected chi connectivity index (χ0v) is 14.7. The highest BCUT2D eigenvalue weighted by molar-refractivity contribution is 5.79. The second kappa shape index (κ2) is 8.34. The number of rotatable bonds is 7. The number of para-hydroxylation sites is 1. The molecular formula is C21H22N2O3. The zero-order valence-electron chi connectivity index (χ0n) is 14.7. The van der Waals surface area contributed by atoms with Crippen molar-refractivity contribution in [3.05, 3.63) is 76.1 Å². The van der Waals surface area contributed by atoms with Gasteiger partial charge in [0.15, 0.2) is 0 Å². The third-order valence-corrected chi connectivity index (χ3v) is 4.35. The Kier molecular flexibility index (Phi) is 5.69. The van der Waals surface area contributed by atoms with Crippen molar-refractivity contribution >= 4 is 16.8 Å². The van der Waals surface area contributed by atoms with Gasteiger partial charge in [0.25, 0.3) is 5.56 Å². The van der Waals surface area contributed by atoms with E-state index in [9.17, 15) is 9.59 Å². The van der Waals surface area contributed by atoms with Gasteiger partial charge in [-0.15, -0.1) is 0 Å². The molecule has 0 saturated heterocycles. The molecule has 0 saturated carbocycles. The van der Waals surface area contributed by atoms with Gasteiger partial charge >= 0.3 is 0 Å². The first-order valence-corrected chi connectivity index (χ1v) is 8.66. The molecule has 5 nitrogen and oxygen atoms in total. The molecule has 3 rings (SSSR count). The van der Waals surface area contributed by atoms with E-state index in [1.54, 1.807) is 7.11 Å². The Labute approximate surface area is 152 Å². The van der Waals surface area contributed by atoms with E-state index in [4.69, 9.17) is 4.74 Å². The van der Waals surface area contributed by atoms with E-state index in [1.165, 1.54) is 0 Å². The summed E-state index contributed by atoms with van der Waals surface area (Å²) in [6.45, 7) is 0.569. The summed E-state index contributed by atoms with van der Waals surface area (Å²) >= 11 is 0. The van der Waals surface area contributed by atoms with Crippen LogP contribution < -0.4 is 15.6 Å². The predicted octanol–water partition coefficient (Wildman–Crippen LogP) is 2.83. The molecule has 0 unspecified atom stereocenters. The van der Waals surface area contributed by atoms with Gasteiger partial charge in [-0.1, -0.05) is 30.3 Å². The van der Waals surface area contributed by atoms with Gasteiger partial charge in [0, 0.05) is 24.0 Å². The molecular weight excluding hydrogens is 328 g/mol. The largest absolute Gasteiger partial charge is 0.497 e. The molecule has 134 valence electrons. The van der Waals surface area contributed by atoms with E-state index >= 15 is 0 Å². The minimum absolute atomic E-state index is 0.0499. The summed E-state index contributed by atoms with van der Waals surface area (Å²) in [5.41, 5.74) is 2.45. The summed E-state index contributed by atoms with van der Waals surface area (Å²) < 4.78 is 5.12. The maximum atomic E-state index is 12.1. The Morgan fingerprint density at radius 3 is 2.62 bits per heavy atom. The maximum Gasteiger partial charge on any atom is 0.251 e. The van der Waals surface area contributed by atoms with Crippen LogP contribution in [-0.2, 0) is 17.6 Å². The number of ether oxygens (including phenoxy) is 1. The molecule has 1 aromatic heterocycles. The summed E-state index contributed by atoms with van der Waals surface area (Å²) in [4.78, 5) is 27.0. The molecule has 0 bridgehead atoms. The fourth-order valence-corrected chi connectivity index (χ4v) is 2.85. The summed E-state index contributed by atoms with van der Waals surface area (Å²) in [6, 6.07) is 17.3.